The second-order valence-corrected chi connectivity index (χ2v) is 4.25. The van der Waals surface area contributed by atoms with Crippen LogP contribution >= 0.6 is 0 Å². The molecular weight excluding hydrogens is 292 g/mol. The first kappa shape index (κ1) is 21.7. The van der Waals surface area contributed by atoms with Crippen LogP contribution in [-0.4, -0.2) is 92.4 Å². The van der Waals surface area contributed by atoms with Crippen LogP contribution < -0.4 is 11.5 Å². The Hall–Kier alpha value is -0.320. The van der Waals surface area contributed by atoms with E-state index in [4.69, 9.17) is 39.9 Å². The van der Waals surface area contributed by atoms with Crippen LogP contribution in [0.15, 0.2) is 0 Å². The van der Waals surface area contributed by atoms with Crippen molar-refractivity contribution in [3.8, 4) is 0 Å². The molecule has 0 fully saturated rings. The van der Waals surface area contributed by atoms with Gasteiger partial charge in [-0.1, -0.05) is 0 Å². The molecule has 0 aliphatic heterocycles. The second-order valence-electron chi connectivity index (χ2n) is 4.25. The molecule has 0 aliphatic carbocycles. The van der Waals surface area contributed by atoms with Crippen LogP contribution in [0.4, 0.5) is 0 Å². The second kappa shape index (κ2) is 20.7. The smallest absolute Gasteiger partial charge is 0.0701 e. The summed E-state index contributed by atoms with van der Waals surface area (Å²) in [6.07, 6.45) is 0. The Bertz CT molecular complexity index is 180. The van der Waals surface area contributed by atoms with Crippen molar-refractivity contribution in [2.24, 2.45) is 11.5 Å². The number of nitrogens with two attached hydrogens (primary N) is 2. The summed E-state index contributed by atoms with van der Waals surface area (Å²) in [5.41, 5.74) is 10.6. The Kier molecular flexibility index (Phi) is 20.4. The molecule has 0 rings (SSSR count). The molecule has 8 heteroatoms. The number of hydrogen-bond donors (Lipinski definition) is 2. The maximum Gasteiger partial charge on any atom is 0.0701 e. The van der Waals surface area contributed by atoms with Crippen molar-refractivity contribution in [2.75, 3.05) is 92.4 Å². The summed E-state index contributed by atoms with van der Waals surface area (Å²) in [5, 5.41) is 0. The van der Waals surface area contributed by atoms with Gasteiger partial charge in [-0.15, -0.1) is 0 Å². The predicted molar refractivity (Wildman–Crippen MR) is 83.0 cm³/mol. The monoisotopic (exact) mass is 324 g/mol. The third-order valence-electron chi connectivity index (χ3n) is 2.38. The van der Waals surface area contributed by atoms with Gasteiger partial charge in [-0.3, -0.25) is 0 Å². The van der Waals surface area contributed by atoms with Crippen LogP contribution in [0.25, 0.3) is 0 Å². The van der Waals surface area contributed by atoms with E-state index in [1.807, 2.05) is 0 Å². The van der Waals surface area contributed by atoms with Crippen LogP contribution in [0.5, 0.6) is 0 Å². The molecule has 0 aromatic carbocycles. The first-order chi connectivity index (χ1) is 10.9. The maximum atomic E-state index is 5.35. The largest absolute Gasteiger partial charge is 0.378 e. The highest BCUT2D eigenvalue weighted by Gasteiger charge is 1.93. The minimum atomic E-state index is 0.538. The molecule has 4 N–H and O–H groups in total. The van der Waals surface area contributed by atoms with Crippen LogP contribution in [0.1, 0.15) is 0 Å². The summed E-state index contributed by atoms with van der Waals surface area (Å²) in [4.78, 5) is 0. The molecule has 0 saturated carbocycles. The van der Waals surface area contributed by atoms with Gasteiger partial charge in [-0.2, -0.15) is 0 Å². The minimum Gasteiger partial charge on any atom is -0.378 e. The van der Waals surface area contributed by atoms with E-state index in [0.29, 0.717) is 92.4 Å². The molecule has 0 atom stereocenters. The Labute approximate surface area is 133 Å². The van der Waals surface area contributed by atoms with Crippen LogP contribution in [0.3, 0.4) is 0 Å². The zero-order valence-corrected chi connectivity index (χ0v) is 13.5. The van der Waals surface area contributed by atoms with Crippen molar-refractivity contribution in [3.05, 3.63) is 0 Å². The van der Waals surface area contributed by atoms with Crippen molar-refractivity contribution in [3.63, 3.8) is 0 Å². The molecule has 0 bridgehead atoms. The van der Waals surface area contributed by atoms with Gasteiger partial charge in [0.15, 0.2) is 0 Å². The van der Waals surface area contributed by atoms with E-state index in [2.05, 4.69) is 0 Å². The van der Waals surface area contributed by atoms with Crippen molar-refractivity contribution in [1.29, 1.82) is 0 Å². The first-order valence-electron chi connectivity index (χ1n) is 7.78. The Morgan fingerprint density at radius 3 is 0.682 bits per heavy atom. The lowest BCUT2D eigenvalue weighted by Crippen LogP contribution is -2.15. The lowest BCUT2D eigenvalue weighted by atomic mass is 10.6. The third-order valence-corrected chi connectivity index (χ3v) is 2.38. The molecule has 0 aliphatic rings. The molecule has 0 aromatic rings. The highest BCUT2D eigenvalue weighted by Crippen LogP contribution is 1.84. The maximum absolute atomic E-state index is 5.35. The fourth-order valence-corrected chi connectivity index (χ4v) is 1.37. The van der Waals surface area contributed by atoms with Gasteiger partial charge >= 0.3 is 0 Å². The lowest BCUT2D eigenvalue weighted by Gasteiger charge is -2.08. The van der Waals surface area contributed by atoms with E-state index >= 15 is 0 Å². The first-order valence-corrected chi connectivity index (χ1v) is 7.78. The standard InChI is InChI=1S/C14H32N2O6/c15-1-3-17-5-7-19-9-11-21-13-14-22-12-10-20-8-6-18-4-2-16/h1-16H2. The zero-order valence-electron chi connectivity index (χ0n) is 13.5. The van der Waals surface area contributed by atoms with Gasteiger partial charge in [0.2, 0.25) is 0 Å². The summed E-state index contributed by atoms with van der Waals surface area (Å²) in [7, 11) is 0. The molecule has 0 aromatic heterocycles. The molecule has 8 nitrogen and oxygen atoms in total. The van der Waals surface area contributed by atoms with Crippen molar-refractivity contribution < 1.29 is 28.4 Å². The number of ether oxygens (including phenoxy) is 6. The summed E-state index contributed by atoms with van der Waals surface area (Å²) in [6, 6.07) is 0. The molecule has 134 valence electrons. The zero-order chi connectivity index (χ0) is 16.1. The molecule has 0 amide bonds. The average Bonchev–Trinajstić information content (AvgIpc) is 2.54. The molecule has 0 unspecified atom stereocenters. The van der Waals surface area contributed by atoms with Gasteiger partial charge in [-0.05, 0) is 0 Å². The Morgan fingerprint density at radius 1 is 0.318 bits per heavy atom. The van der Waals surface area contributed by atoms with E-state index in [9.17, 15) is 0 Å². The Morgan fingerprint density at radius 2 is 0.500 bits per heavy atom. The highest BCUT2D eigenvalue weighted by molar-refractivity contribution is 4.37. The quantitative estimate of drug-likeness (QED) is 0.291. The van der Waals surface area contributed by atoms with Gasteiger partial charge in [-0.25, -0.2) is 0 Å². The van der Waals surface area contributed by atoms with Crippen molar-refractivity contribution in [1.82, 2.24) is 0 Å². The van der Waals surface area contributed by atoms with Gasteiger partial charge in [0.1, 0.15) is 0 Å². The van der Waals surface area contributed by atoms with E-state index in [1.165, 1.54) is 0 Å². The lowest BCUT2D eigenvalue weighted by molar-refractivity contribution is -0.0160. The van der Waals surface area contributed by atoms with Gasteiger partial charge < -0.3 is 39.9 Å². The van der Waals surface area contributed by atoms with Gasteiger partial charge in [0.05, 0.1) is 79.3 Å². The van der Waals surface area contributed by atoms with E-state index in [0.717, 1.165) is 0 Å². The molecule has 0 radical (unpaired) electrons. The van der Waals surface area contributed by atoms with Gasteiger partial charge in [0, 0.05) is 13.1 Å². The van der Waals surface area contributed by atoms with E-state index in [-0.39, 0.29) is 0 Å². The number of rotatable bonds is 19. The fourth-order valence-electron chi connectivity index (χ4n) is 1.37. The predicted octanol–water partition coefficient (Wildman–Crippen LogP) is -0.997. The Balaban J connectivity index is 2.91. The molecular formula is C14H32N2O6. The highest BCUT2D eigenvalue weighted by atomic mass is 16.6. The minimum absolute atomic E-state index is 0.538. The van der Waals surface area contributed by atoms with Gasteiger partial charge in [0.25, 0.3) is 0 Å². The van der Waals surface area contributed by atoms with Crippen molar-refractivity contribution >= 4 is 0 Å². The van der Waals surface area contributed by atoms with Crippen LogP contribution in [-0.2, 0) is 28.4 Å². The summed E-state index contributed by atoms with van der Waals surface area (Å²) in [6.45, 7) is 7.78. The SMILES string of the molecule is NCCOCCOCCOCCOCCOCCOCCN. The number of hydrogen-bond acceptors (Lipinski definition) is 8. The molecule has 0 heterocycles. The van der Waals surface area contributed by atoms with E-state index in [1.54, 1.807) is 0 Å². The van der Waals surface area contributed by atoms with Crippen molar-refractivity contribution in [2.45, 2.75) is 0 Å². The topological polar surface area (TPSA) is 107 Å². The average molecular weight is 324 g/mol. The summed E-state index contributed by atoms with van der Waals surface area (Å²) >= 11 is 0. The van der Waals surface area contributed by atoms with E-state index < -0.39 is 0 Å². The third kappa shape index (κ3) is 19.7. The summed E-state index contributed by atoms with van der Waals surface area (Å²) in [5.74, 6) is 0. The van der Waals surface area contributed by atoms with Crippen LogP contribution in [0.2, 0.25) is 0 Å². The normalized spacial score (nSPS) is 11.2. The van der Waals surface area contributed by atoms with Crippen LogP contribution in [0, 0.1) is 0 Å². The fraction of sp³-hybridized carbons (Fsp3) is 1.00. The molecule has 0 spiro atoms. The summed E-state index contributed by atoms with van der Waals surface area (Å²) < 4.78 is 31.6. The molecule has 22 heavy (non-hydrogen) atoms. The molecule has 0 saturated heterocycles.